The van der Waals surface area contributed by atoms with Crippen LogP contribution in [0.4, 0.5) is 0 Å². The summed E-state index contributed by atoms with van der Waals surface area (Å²) in [6, 6.07) is 8.07. The maximum absolute atomic E-state index is 12.6. The third-order valence-corrected chi connectivity index (χ3v) is 4.57. The Morgan fingerprint density at radius 1 is 1.00 bits per heavy atom. The van der Waals surface area contributed by atoms with Crippen LogP contribution in [0.1, 0.15) is 27.7 Å². The zero-order valence-electron chi connectivity index (χ0n) is 12.3. The Kier molecular flexibility index (Phi) is 5.45. The zero-order chi connectivity index (χ0) is 15.3. The number of rotatable bonds is 5. The Hall–Kier alpha value is -1.68. The molecular formula is C16H20O3S. The van der Waals surface area contributed by atoms with Crippen molar-refractivity contribution < 1.29 is 13.2 Å². The van der Waals surface area contributed by atoms with Crippen LogP contribution in [-0.2, 0) is 14.6 Å². The fourth-order valence-corrected chi connectivity index (χ4v) is 3.41. The molecule has 0 aromatic heterocycles. The van der Waals surface area contributed by atoms with Gasteiger partial charge in [-0.3, -0.25) is 4.79 Å². The van der Waals surface area contributed by atoms with Crippen LogP contribution in [0.3, 0.4) is 0 Å². The number of carbonyl (C=O) groups is 1. The molecule has 0 aliphatic rings. The molecule has 20 heavy (non-hydrogen) atoms. The van der Waals surface area contributed by atoms with Gasteiger partial charge in [0.05, 0.1) is 4.90 Å². The van der Waals surface area contributed by atoms with E-state index in [-0.39, 0.29) is 4.90 Å². The van der Waals surface area contributed by atoms with Crippen LogP contribution in [0, 0.1) is 0 Å². The minimum Gasteiger partial charge on any atom is -0.293 e. The molecule has 1 atom stereocenters. The largest absolute Gasteiger partial charge is 0.293 e. The SMILES string of the molecule is CC(C)=CC(=O)C(C=C(C)C)S(=O)(=O)c1ccccc1. The van der Waals surface area contributed by atoms with Gasteiger partial charge in [-0.25, -0.2) is 8.42 Å². The van der Waals surface area contributed by atoms with E-state index >= 15 is 0 Å². The smallest absolute Gasteiger partial charge is 0.192 e. The molecule has 0 saturated heterocycles. The normalized spacial score (nSPS) is 12.4. The van der Waals surface area contributed by atoms with E-state index in [1.165, 1.54) is 24.3 Å². The molecule has 1 aromatic rings. The second kappa shape index (κ2) is 6.66. The minimum atomic E-state index is -3.71. The highest BCUT2D eigenvalue weighted by Crippen LogP contribution is 2.19. The highest BCUT2D eigenvalue weighted by Gasteiger charge is 2.30. The quantitative estimate of drug-likeness (QED) is 0.618. The van der Waals surface area contributed by atoms with Gasteiger partial charge >= 0.3 is 0 Å². The second-order valence-corrected chi connectivity index (χ2v) is 7.22. The number of carbonyl (C=O) groups excluding carboxylic acids is 1. The number of hydrogen-bond donors (Lipinski definition) is 0. The van der Waals surface area contributed by atoms with Gasteiger partial charge in [-0.2, -0.15) is 0 Å². The van der Waals surface area contributed by atoms with E-state index in [1.54, 1.807) is 45.9 Å². The topological polar surface area (TPSA) is 51.2 Å². The van der Waals surface area contributed by atoms with Crippen molar-refractivity contribution in [1.82, 2.24) is 0 Å². The van der Waals surface area contributed by atoms with Crippen molar-refractivity contribution in [3.8, 4) is 0 Å². The first-order valence-electron chi connectivity index (χ1n) is 6.38. The van der Waals surface area contributed by atoms with E-state index < -0.39 is 20.9 Å². The van der Waals surface area contributed by atoms with Crippen molar-refractivity contribution in [1.29, 1.82) is 0 Å². The molecule has 108 valence electrons. The lowest BCUT2D eigenvalue weighted by Gasteiger charge is -2.12. The molecule has 0 saturated carbocycles. The van der Waals surface area contributed by atoms with E-state index in [9.17, 15) is 13.2 Å². The van der Waals surface area contributed by atoms with Gasteiger partial charge in [0.15, 0.2) is 15.6 Å². The maximum atomic E-state index is 12.6. The van der Waals surface area contributed by atoms with Gasteiger partial charge in [0.25, 0.3) is 0 Å². The number of allylic oxidation sites excluding steroid dienone is 3. The molecule has 0 radical (unpaired) electrons. The molecule has 0 bridgehead atoms. The van der Waals surface area contributed by atoms with Crippen LogP contribution in [0.5, 0.6) is 0 Å². The summed E-state index contributed by atoms with van der Waals surface area (Å²) < 4.78 is 25.2. The Bertz CT molecular complexity index is 630. The van der Waals surface area contributed by atoms with Crippen LogP contribution in [0.15, 0.2) is 58.5 Å². The van der Waals surface area contributed by atoms with Crippen molar-refractivity contribution in [2.75, 3.05) is 0 Å². The van der Waals surface area contributed by atoms with E-state index in [1.807, 2.05) is 0 Å². The molecule has 0 spiro atoms. The summed E-state index contributed by atoms with van der Waals surface area (Å²) in [6.45, 7) is 7.10. The van der Waals surface area contributed by atoms with Gasteiger partial charge in [0, 0.05) is 0 Å². The number of ketones is 1. The Morgan fingerprint density at radius 2 is 1.55 bits per heavy atom. The van der Waals surface area contributed by atoms with Gasteiger partial charge < -0.3 is 0 Å². The first-order valence-corrected chi connectivity index (χ1v) is 7.92. The third-order valence-electron chi connectivity index (χ3n) is 2.60. The molecule has 3 nitrogen and oxygen atoms in total. The Labute approximate surface area is 120 Å². The van der Waals surface area contributed by atoms with E-state index in [2.05, 4.69) is 0 Å². The second-order valence-electron chi connectivity index (χ2n) is 5.15. The highest BCUT2D eigenvalue weighted by atomic mass is 32.2. The van der Waals surface area contributed by atoms with Crippen LogP contribution in [0.25, 0.3) is 0 Å². The molecule has 4 heteroatoms. The lowest BCUT2D eigenvalue weighted by molar-refractivity contribution is -0.113. The molecule has 0 aliphatic carbocycles. The Balaban J connectivity index is 3.36. The molecule has 1 aromatic carbocycles. The minimum absolute atomic E-state index is 0.165. The third kappa shape index (κ3) is 4.17. The number of sulfone groups is 1. The zero-order valence-corrected chi connectivity index (χ0v) is 13.1. The molecule has 0 amide bonds. The van der Waals surface area contributed by atoms with Gasteiger partial charge in [-0.1, -0.05) is 35.4 Å². The molecule has 0 aliphatic heterocycles. The fraction of sp³-hybridized carbons (Fsp3) is 0.312. The van der Waals surface area contributed by atoms with Crippen molar-refractivity contribution in [3.63, 3.8) is 0 Å². The molecule has 1 rings (SSSR count). The lowest BCUT2D eigenvalue weighted by Crippen LogP contribution is -2.28. The van der Waals surface area contributed by atoms with Crippen LogP contribution >= 0.6 is 0 Å². The predicted molar refractivity (Wildman–Crippen MR) is 81.3 cm³/mol. The van der Waals surface area contributed by atoms with Crippen molar-refractivity contribution >= 4 is 15.6 Å². The molecular weight excluding hydrogens is 272 g/mol. The predicted octanol–water partition coefficient (Wildman–Crippen LogP) is 3.33. The number of benzene rings is 1. The molecule has 1 unspecified atom stereocenters. The standard InChI is InChI=1S/C16H20O3S/c1-12(2)10-15(17)16(11-13(3)4)20(18,19)14-8-6-5-7-9-14/h5-11,16H,1-4H3. The van der Waals surface area contributed by atoms with E-state index in [0.717, 1.165) is 11.1 Å². The van der Waals surface area contributed by atoms with Crippen LogP contribution < -0.4 is 0 Å². The van der Waals surface area contributed by atoms with E-state index in [4.69, 9.17) is 0 Å². The first kappa shape index (κ1) is 16.4. The summed E-state index contributed by atoms with van der Waals surface area (Å²) in [4.78, 5) is 12.4. The molecule has 0 fully saturated rings. The van der Waals surface area contributed by atoms with Gasteiger partial charge in [0.2, 0.25) is 0 Å². The summed E-state index contributed by atoms with van der Waals surface area (Å²) in [7, 11) is -3.71. The average Bonchev–Trinajstić information content (AvgIpc) is 2.35. The van der Waals surface area contributed by atoms with Gasteiger partial charge in [-0.05, 0) is 45.9 Å². The summed E-state index contributed by atoms with van der Waals surface area (Å²) >= 11 is 0. The average molecular weight is 292 g/mol. The summed E-state index contributed by atoms with van der Waals surface area (Å²) in [5.41, 5.74) is 1.58. The summed E-state index contributed by atoms with van der Waals surface area (Å²) in [5.74, 6) is -0.407. The lowest BCUT2D eigenvalue weighted by atomic mass is 10.1. The van der Waals surface area contributed by atoms with Crippen LogP contribution in [-0.4, -0.2) is 19.5 Å². The molecule has 0 N–H and O–H groups in total. The van der Waals surface area contributed by atoms with Crippen molar-refractivity contribution in [3.05, 3.63) is 53.6 Å². The molecule has 0 heterocycles. The Morgan fingerprint density at radius 3 is 2.00 bits per heavy atom. The van der Waals surface area contributed by atoms with Gasteiger partial charge in [0.1, 0.15) is 5.25 Å². The summed E-state index contributed by atoms with van der Waals surface area (Å²) in [6.07, 6.45) is 2.88. The fourth-order valence-electron chi connectivity index (χ4n) is 1.75. The van der Waals surface area contributed by atoms with Crippen molar-refractivity contribution in [2.45, 2.75) is 37.8 Å². The van der Waals surface area contributed by atoms with Crippen LogP contribution in [0.2, 0.25) is 0 Å². The maximum Gasteiger partial charge on any atom is 0.192 e. The van der Waals surface area contributed by atoms with E-state index in [0.29, 0.717) is 0 Å². The number of hydrogen-bond acceptors (Lipinski definition) is 3. The highest BCUT2D eigenvalue weighted by molar-refractivity contribution is 7.93. The van der Waals surface area contributed by atoms with Crippen molar-refractivity contribution in [2.24, 2.45) is 0 Å². The first-order chi connectivity index (χ1) is 9.25. The monoisotopic (exact) mass is 292 g/mol. The van der Waals surface area contributed by atoms with Gasteiger partial charge in [-0.15, -0.1) is 0 Å². The summed E-state index contributed by atoms with van der Waals surface area (Å²) in [5, 5.41) is -1.16.